The standard InChI is InChI=1S/C10H10FNO4/c11-9-3-1-7(2-4-9)8(5-10(13)14)6-12(15)16/h1-4,8H,5-6H2,(H,13,14)/t8-/m1/s1. The van der Waals surface area contributed by atoms with Crippen molar-refractivity contribution in [1.82, 2.24) is 0 Å². The van der Waals surface area contributed by atoms with E-state index in [1.165, 1.54) is 12.1 Å². The van der Waals surface area contributed by atoms with Crippen LogP contribution >= 0.6 is 0 Å². The molecule has 0 saturated heterocycles. The number of hydrogen-bond donors (Lipinski definition) is 1. The Hall–Kier alpha value is -1.98. The summed E-state index contributed by atoms with van der Waals surface area (Å²) in [6.45, 7) is -0.474. The van der Waals surface area contributed by atoms with Gasteiger partial charge in [-0.1, -0.05) is 12.1 Å². The third-order valence-electron chi connectivity index (χ3n) is 2.13. The summed E-state index contributed by atoms with van der Waals surface area (Å²) in [6, 6.07) is 5.05. The smallest absolute Gasteiger partial charge is 0.304 e. The van der Waals surface area contributed by atoms with Gasteiger partial charge in [-0.3, -0.25) is 14.9 Å². The van der Waals surface area contributed by atoms with E-state index in [4.69, 9.17) is 5.11 Å². The minimum absolute atomic E-state index is 0.341. The van der Waals surface area contributed by atoms with E-state index in [0.29, 0.717) is 5.56 Å². The Morgan fingerprint density at radius 3 is 2.44 bits per heavy atom. The van der Waals surface area contributed by atoms with Crippen LogP contribution in [0.25, 0.3) is 0 Å². The van der Waals surface area contributed by atoms with Gasteiger partial charge in [0.2, 0.25) is 6.54 Å². The van der Waals surface area contributed by atoms with Crippen molar-refractivity contribution in [1.29, 1.82) is 0 Å². The van der Waals surface area contributed by atoms with Crippen LogP contribution in [0.15, 0.2) is 24.3 Å². The van der Waals surface area contributed by atoms with Crippen molar-refractivity contribution in [3.05, 3.63) is 45.8 Å². The van der Waals surface area contributed by atoms with Gasteiger partial charge in [0.25, 0.3) is 0 Å². The number of rotatable bonds is 5. The van der Waals surface area contributed by atoms with Crippen LogP contribution in [0, 0.1) is 15.9 Å². The van der Waals surface area contributed by atoms with E-state index < -0.39 is 29.2 Å². The lowest BCUT2D eigenvalue weighted by Gasteiger charge is -2.10. The van der Waals surface area contributed by atoms with Crippen LogP contribution in [0.5, 0.6) is 0 Å². The highest BCUT2D eigenvalue weighted by Crippen LogP contribution is 2.20. The number of hydrogen-bond acceptors (Lipinski definition) is 3. The molecule has 0 aliphatic rings. The van der Waals surface area contributed by atoms with Crippen LogP contribution in [-0.4, -0.2) is 22.5 Å². The summed E-state index contributed by atoms with van der Waals surface area (Å²) in [6.07, 6.45) is -0.341. The molecule has 16 heavy (non-hydrogen) atoms. The van der Waals surface area contributed by atoms with Crippen molar-refractivity contribution in [3.8, 4) is 0 Å². The van der Waals surface area contributed by atoms with Crippen LogP contribution in [0.2, 0.25) is 0 Å². The van der Waals surface area contributed by atoms with Gasteiger partial charge in [0.15, 0.2) is 0 Å². The molecule has 0 heterocycles. The fraction of sp³-hybridized carbons (Fsp3) is 0.300. The van der Waals surface area contributed by atoms with E-state index >= 15 is 0 Å². The van der Waals surface area contributed by atoms with Gasteiger partial charge < -0.3 is 5.11 Å². The van der Waals surface area contributed by atoms with Crippen molar-refractivity contribution in [2.24, 2.45) is 0 Å². The Morgan fingerprint density at radius 2 is 2.00 bits per heavy atom. The average molecular weight is 227 g/mol. The number of carboxylic acids is 1. The monoisotopic (exact) mass is 227 g/mol. The first kappa shape index (κ1) is 12.1. The Kier molecular flexibility index (Phi) is 3.93. The number of nitro groups is 1. The van der Waals surface area contributed by atoms with Gasteiger partial charge in [0, 0.05) is 4.92 Å². The van der Waals surface area contributed by atoms with Gasteiger partial charge in [-0.25, -0.2) is 4.39 Å². The molecular formula is C10H10FNO4. The first-order valence-corrected chi connectivity index (χ1v) is 4.58. The number of benzene rings is 1. The summed E-state index contributed by atoms with van der Waals surface area (Å²) in [5.41, 5.74) is 0.459. The van der Waals surface area contributed by atoms with E-state index in [1.54, 1.807) is 0 Å². The van der Waals surface area contributed by atoms with Crippen LogP contribution in [-0.2, 0) is 4.79 Å². The maximum atomic E-state index is 12.6. The molecule has 1 N–H and O–H groups in total. The largest absolute Gasteiger partial charge is 0.481 e. The summed E-state index contributed by atoms with van der Waals surface area (Å²) in [4.78, 5) is 20.3. The molecule has 0 bridgehead atoms. The number of aliphatic carboxylic acids is 1. The van der Waals surface area contributed by atoms with Gasteiger partial charge in [0.1, 0.15) is 5.82 Å². The Labute approximate surface area is 90.7 Å². The zero-order chi connectivity index (χ0) is 12.1. The predicted molar refractivity (Wildman–Crippen MR) is 53.3 cm³/mol. The second-order valence-corrected chi connectivity index (χ2v) is 3.36. The lowest BCUT2D eigenvalue weighted by Crippen LogP contribution is -2.16. The van der Waals surface area contributed by atoms with Gasteiger partial charge in [-0.15, -0.1) is 0 Å². The lowest BCUT2D eigenvalue weighted by atomic mass is 9.96. The van der Waals surface area contributed by atoms with Gasteiger partial charge >= 0.3 is 5.97 Å². The molecule has 0 aromatic heterocycles. The normalized spacial score (nSPS) is 12.1. The second-order valence-electron chi connectivity index (χ2n) is 3.36. The molecule has 5 nitrogen and oxygen atoms in total. The van der Waals surface area contributed by atoms with Crippen molar-refractivity contribution in [2.75, 3.05) is 6.54 Å². The fourth-order valence-electron chi connectivity index (χ4n) is 1.41. The average Bonchev–Trinajstić information content (AvgIpc) is 2.16. The maximum absolute atomic E-state index is 12.6. The van der Waals surface area contributed by atoms with Gasteiger partial charge in [-0.05, 0) is 17.7 Å². The van der Waals surface area contributed by atoms with E-state index in [1.807, 2.05) is 0 Å². The quantitative estimate of drug-likeness (QED) is 0.612. The van der Waals surface area contributed by atoms with Gasteiger partial charge in [-0.2, -0.15) is 0 Å². The van der Waals surface area contributed by atoms with Crippen LogP contribution < -0.4 is 0 Å². The van der Waals surface area contributed by atoms with E-state index in [0.717, 1.165) is 12.1 Å². The third kappa shape index (κ3) is 3.64. The Bertz CT molecular complexity index is 374. The van der Waals surface area contributed by atoms with E-state index in [9.17, 15) is 19.3 Å². The molecule has 86 valence electrons. The third-order valence-corrected chi connectivity index (χ3v) is 2.13. The summed E-state index contributed by atoms with van der Waals surface area (Å²) in [5.74, 6) is -2.30. The minimum Gasteiger partial charge on any atom is -0.481 e. The molecule has 1 aromatic rings. The molecule has 1 atom stereocenters. The molecule has 6 heteroatoms. The number of halogens is 1. The molecular weight excluding hydrogens is 217 g/mol. The first-order chi connectivity index (χ1) is 7.49. The van der Waals surface area contributed by atoms with Crippen LogP contribution in [0.4, 0.5) is 4.39 Å². The lowest BCUT2D eigenvalue weighted by molar-refractivity contribution is -0.483. The second kappa shape index (κ2) is 5.20. The van der Waals surface area contributed by atoms with E-state index in [-0.39, 0.29) is 6.42 Å². The molecule has 1 aromatic carbocycles. The van der Waals surface area contributed by atoms with Crippen molar-refractivity contribution in [2.45, 2.75) is 12.3 Å². The predicted octanol–water partition coefficient (Wildman–Crippen LogP) is 1.66. The molecule has 0 radical (unpaired) electrons. The topological polar surface area (TPSA) is 80.4 Å². The SMILES string of the molecule is O=C(O)C[C@H](C[N+](=O)[O-])c1ccc(F)cc1. The zero-order valence-electron chi connectivity index (χ0n) is 8.30. The molecule has 0 aliphatic carbocycles. The van der Waals surface area contributed by atoms with Crippen molar-refractivity contribution >= 4 is 5.97 Å². The highest BCUT2D eigenvalue weighted by Gasteiger charge is 2.21. The summed E-state index contributed by atoms with van der Waals surface area (Å²) in [7, 11) is 0. The van der Waals surface area contributed by atoms with Crippen LogP contribution in [0.1, 0.15) is 17.9 Å². The van der Waals surface area contributed by atoms with Crippen molar-refractivity contribution in [3.63, 3.8) is 0 Å². The van der Waals surface area contributed by atoms with E-state index in [2.05, 4.69) is 0 Å². The Balaban J connectivity index is 2.86. The summed E-state index contributed by atoms with van der Waals surface area (Å²) >= 11 is 0. The summed E-state index contributed by atoms with van der Waals surface area (Å²) < 4.78 is 12.6. The molecule has 0 amide bonds. The molecule has 1 rings (SSSR count). The maximum Gasteiger partial charge on any atom is 0.304 e. The number of carbonyl (C=O) groups is 1. The van der Waals surface area contributed by atoms with Crippen molar-refractivity contribution < 1.29 is 19.2 Å². The molecule has 0 aliphatic heterocycles. The molecule has 0 saturated carbocycles. The van der Waals surface area contributed by atoms with Gasteiger partial charge in [0.05, 0.1) is 12.3 Å². The van der Waals surface area contributed by atoms with Crippen LogP contribution in [0.3, 0.4) is 0 Å². The zero-order valence-corrected chi connectivity index (χ0v) is 8.30. The fourth-order valence-corrected chi connectivity index (χ4v) is 1.41. The summed E-state index contributed by atoms with van der Waals surface area (Å²) in [5, 5.41) is 19.0. The molecule has 0 fully saturated rings. The number of nitrogens with zero attached hydrogens (tertiary/aromatic N) is 1. The molecule has 0 spiro atoms. The highest BCUT2D eigenvalue weighted by atomic mass is 19.1. The highest BCUT2D eigenvalue weighted by molar-refractivity contribution is 5.68. The molecule has 0 unspecified atom stereocenters. The Morgan fingerprint density at radius 1 is 1.44 bits per heavy atom. The minimum atomic E-state index is -1.11. The number of carboxylic acid groups (broad SMARTS) is 1. The first-order valence-electron chi connectivity index (χ1n) is 4.58.